The van der Waals surface area contributed by atoms with Crippen LogP contribution in [0.2, 0.25) is 0 Å². The van der Waals surface area contributed by atoms with Gasteiger partial charge in [0.25, 0.3) is 0 Å². The lowest BCUT2D eigenvalue weighted by Gasteiger charge is -2.30. The van der Waals surface area contributed by atoms with E-state index in [0.29, 0.717) is 74.7 Å². The van der Waals surface area contributed by atoms with Gasteiger partial charge in [-0.1, -0.05) is 55.4 Å². The van der Waals surface area contributed by atoms with Gasteiger partial charge >= 0.3 is 11.9 Å². The van der Waals surface area contributed by atoms with Gasteiger partial charge in [0.05, 0.1) is 13.2 Å². The van der Waals surface area contributed by atoms with E-state index in [9.17, 15) is 19.8 Å². The Morgan fingerprint density at radius 2 is 1.06 bits per heavy atom. The number of esters is 2. The van der Waals surface area contributed by atoms with Gasteiger partial charge in [-0.3, -0.25) is 9.59 Å². The lowest BCUT2D eigenvalue weighted by Crippen LogP contribution is -2.21. The Balaban J connectivity index is 2.71. The van der Waals surface area contributed by atoms with Crippen molar-refractivity contribution in [2.75, 3.05) is 13.2 Å². The molecular weight excluding hydrogens is 456 g/mol. The van der Waals surface area contributed by atoms with E-state index in [-0.39, 0.29) is 23.4 Å². The summed E-state index contributed by atoms with van der Waals surface area (Å²) in [5.41, 5.74) is 0.451. The number of carbonyl (C=O) groups is 2. The first-order valence-corrected chi connectivity index (χ1v) is 13.5. The topological polar surface area (TPSA) is 93.1 Å². The highest BCUT2D eigenvalue weighted by atomic mass is 16.5. The molecule has 1 aromatic rings. The summed E-state index contributed by atoms with van der Waals surface area (Å²) in [6, 6.07) is 3.29. The van der Waals surface area contributed by atoms with Crippen LogP contribution in [0, 0.1) is 11.8 Å². The molecule has 0 radical (unpaired) electrons. The summed E-state index contributed by atoms with van der Waals surface area (Å²) in [4.78, 5) is 24.0. The molecule has 36 heavy (non-hydrogen) atoms. The normalized spacial score (nSPS) is 12.3. The summed E-state index contributed by atoms with van der Waals surface area (Å²) < 4.78 is 10.6. The number of rotatable bonds is 16. The Hall–Kier alpha value is -2.24. The number of phenols is 2. The molecule has 0 aliphatic rings. The smallest absolute Gasteiger partial charge is 0.305 e. The second-order valence-electron chi connectivity index (χ2n) is 12.2. The molecule has 1 rings (SSSR count). The fraction of sp³-hybridized carbons (Fsp3) is 0.733. The van der Waals surface area contributed by atoms with Gasteiger partial charge in [-0.25, -0.2) is 0 Å². The number of phenolic OH excluding ortho intramolecular Hbond substituents is 2. The predicted molar refractivity (Wildman–Crippen MR) is 144 cm³/mol. The van der Waals surface area contributed by atoms with Crippen molar-refractivity contribution in [1.29, 1.82) is 0 Å². The molecule has 0 fully saturated rings. The van der Waals surface area contributed by atoms with E-state index >= 15 is 0 Å². The highest BCUT2D eigenvalue weighted by Crippen LogP contribution is 2.43. The monoisotopic (exact) mass is 506 g/mol. The molecule has 206 valence electrons. The van der Waals surface area contributed by atoms with Crippen LogP contribution in [0.4, 0.5) is 0 Å². The summed E-state index contributed by atoms with van der Waals surface area (Å²) in [6.07, 6.45) is 4.98. The maximum Gasteiger partial charge on any atom is 0.305 e. The molecule has 0 saturated heterocycles. The minimum absolute atomic E-state index is 0.133. The van der Waals surface area contributed by atoms with Crippen molar-refractivity contribution < 1.29 is 29.3 Å². The van der Waals surface area contributed by atoms with Crippen LogP contribution in [-0.2, 0) is 29.9 Å². The number of hydrogen-bond acceptors (Lipinski definition) is 6. The average Bonchev–Trinajstić information content (AvgIpc) is 2.74. The summed E-state index contributed by atoms with van der Waals surface area (Å²) in [6.45, 7) is 17.3. The molecule has 2 N–H and O–H groups in total. The Kier molecular flexibility index (Phi) is 12.8. The zero-order chi connectivity index (χ0) is 27.5. The fourth-order valence-electron chi connectivity index (χ4n) is 4.24. The van der Waals surface area contributed by atoms with E-state index in [1.165, 1.54) is 0 Å². The summed E-state index contributed by atoms with van der Waals surface area (Å²) in [5, 5.41) is 21.7. The van der Waals surface area contributed by atoms with E-state index in [1.54, 1.807) is 12.1 Å². The Morgan fingerprint density at radius 1 is 0.722 bits per heavy atom. The van der Waals surface area contributed by atoms with E-state index < -0.39 is 10.8 Å². The van der Waals surface area contributed by atoms with Crippen molar-refractivity contribution in [1.82, 2.24) is 0 Å². The van der Waals surface area contributed by atoms with Crippen LogP contribution in [-0.4, -0.2) is 35.4 Å². The second-order valence-corrected chi connectivity index (χ2v) is 12.2. The van der Waals surface area contributed by atoms with E-state index in [0.717, 1.165) is 12.8 Å². The molecule has 6 heteroatoms. The van der Waals surface area contributed by atoms with Crippen LogP contribution in [0.5, 0.6) is 11.5 Å². The summed E-state index contributed by atoms with van der Waals surface area (Å²) in [5.74, 6) is 0.869. The molecule has 0 atom stereocenters. The number of hydrogen-bond donors (Lipinski definition) is 2. The summed E-state index contributed by atoms with van der Waals surface area (Å²) in [7, 11) is 0. The van der Waals surface area contributed by atoms with Crippen LogP contribution in [0.3, 0.4) is 0 Å². The molecule has 0 aromatic heterocycles. The number of ether oxygens (including phenoxy) is 2. The first-order valence-electron chi connectivity index (χ1n) is 13.5. The quantitative estimate of drug-likeness (QED) is 0.182. The SMILES string of the molecule is CC(C)CCOC(=O)CCCC(C)(C)c1cc(O)c(C(C)(C)CCCC(=O)OCCC(C)C)cc1O. The van der Waals surface area contributed by atoms with Gasteiger partial charge in [0, 0.05) is 24.0 Å². The third-order valence-corrected chi connectivity index (χ3v) is 6.85. The van der Waals surface area contributed by atoms with Gasteiger partial charge in [-0.05, 0) is 73.3 Å². The maximum absolute atomic E-state index is 12.0. The van der Waals surface area contributed by atoms with Crippen molar-refractivity contribution in [3.8, 4) is 11.5 Å². The van der Waals surface area contributed by atoms with E-state index in [1.807, 2.05) is 27.7 Å². The van der Waals surface area contributed by atoms with Crippen molar-refractivity contribution in [3.05, 3.63) is 23.3 Å². The molecule has 0 heterocycles. The third kappa shape index (κ3) is 11.2. The summed E-state index contributed by atoms with van der Waals surface area (Å²) >= 11 is 0. The van der Waals surface area contributed by atoms with Crippen molar-refractivity contribution in [2.45, 2.75) is 118 Å². The van der Waals surface area contributed by atoms with Gasteiger partial charge in [0.1, 0.15) is 11.5 Å². The van der Waals surface area contributed by atoms with Gasteiger partial charge < -0.3 is 19.7 Å². The standard InChI is InChI=1S/C30H50O6/c1-21(2)13-17-35-27(33)11-9-15-29(5,6)23-19-26(32)24(20-25(23)31)30(7,8)16-10-12-28(34)36-18-14-22(3)4/h19-22,31-32H,9-18H2,1-8H3. The number of carbonyl (C=O) groups excluding carboxylic acids is 2. The van der Waals surface area contributed by atoms with Gasteiger partial charge in [-0.15, -0.1) is 0 Å². The molecule has 1 aromatic carbocycles. The van der Waals surface area contributed by atoms with Crippen LogP contribution >= 0.6 is 0 Å². The Labute approximate surface area is 218 Å². The van der Waals surface area contributed by atoms with Crippen LogP contribution in [0.25, 0.3) is 0 Å². The van der Waals surface area contributed by atoms with Crippen LogP contribution < -0.4 is 0 Å². The predicted octanol–water partition coefficient (Wildman–Crippen LogP) is 7.17. The molecule has 0 unspecified atom stereocenters. The number of aromatic hydroxyl groups is 2. The highest BCUT2D eigenvalue weighted by molar-refractivity contribution is 5.69. The van der Waals surface area contributed by atoms with E-state index in [2.05, 4.69) is 27.7 Å². The lowest BCUT2D eigenvalue weighted by molar-refractivity contribution is -0.145. The molecule has 0 spiro atoms. The zero-order valence-electron chi connectivity index (χ0n) is 23.9. The minimum Gasteiger partial charge on any atom is -0.508 e. The zero-order valence-corrected chi connectivity index (χ0v) is 23.9. The van der Waals surface area contributed by atoms with Crippen LogP contribution in [0.1, 0.15) is 118 Å². The fourth-order valence-corrected chi connectivity index (χ4v) is 4.24. The van der Waals surface area contributed by atoms with Gasteiger partial charge in [0.2, 0.25) is 0 Å². The second kappa shape index (κ2) is 14.5. The molecular formula is C30H50O6. The maximum atomic E-state index is 12.0. The molecule has 0 aliphatic heterocycles. The Bertz CT molecular complexity index is 768. The van der Waals surface area contributed by atoms with E-state index in [4.69, 9.17) is 9.47 Å². The lowest BCUT2D eigenvalue weighted by atomic mass is 9.75. The molecule has 0 saturated carbocycles. The van der Waals surface area contributed by atoms with Gasteiger partial charge in [0.15, 0.2) is 0 Å². The average molecular weight is 507 g/mol. The van der Waals surface area contributed by atoms with Crippen LogP contribution in [0.15, 0.2) is 12.1 Å². The third-order valence-electron chi connectivity index (χ3n) is 6.85. The first kappa shape index (κ1) is 31.8. The first-order chi connectivity index (χ1) is 16.7. The largest absolute Gasteiger partial charge is 0.508 e. The highest BCUT2D eigenvalue weighted by Gasteiger charge is 2.30. The van der Waals surface area contributed by atoms with Crippen molar-refractivity contribution in [3.63, 3.8) is 0 Å². The van der Waals surface area contributed by atoms with Crippen molar-refractivity contribution >= 4 is 11.9 Å². The molecule has 0 aliphatic carbocycles. The molecule has 6 nitrogen and oxygen atoms in total. The minimum atomic E-state index is -0.428. The van der Waals surface area contributed by atoms with Gasteiger partial charge in [-0.2, -0.15) is 0 Å². The van der Waals surface area contributed by atoms with Crippen molar-refractivity contribution in [2.24, 2.45) is 11.8 Å². The Morgan fingerprint density at radius 3 is 1.36 bits per heavy atom. The molecule has 0 bridgehead atoms. The number of benzene rings is 1. The molecule has 0 amide bonds.